The third-order valence-electron chi connectivity index (χ3n) is 4.80. The summed E-state index contributed by atoms with van der Waals surface area (Å²) >= 11 is 0. The number of hydrogen-bond donors (Lipinski definition) is 0. The van der Waals surface area contributed by atoms with Crippen molar-refractivity contribution in [1.82, 2.24) is 29.6 Å². The summed E-state index contributed by atoms with van der Waals surface area (Å²) in [6.07, 6.45) is 1.92. The molecule has 154 valence electrons. The van der Waals surface area contributed by atoms with Crippen LogP contribution in [0, 0.1) is 13.8 Å². The molecule has 0 radical (unpaired) electrons. The van der Waals surface area contributed by atoms with Crippen molar-refractivity contribution in [2.75, 3.05) is 7.11 Å². The van der Waals surface area contributed by atoms with Crippen LogP contribution in [-0.2, 0) is 13.7 Å². The molecular formula is C21H22N6O3. The number of nitrogens with zero attached hydrogens (tertiary/aromatic N) is 6. The van der Waals surface area contributed by atoms with Gasteiger partial charge in [-0.05, 0) is 66.2 Å². The zero-order chi connectivity index (χ0) is 21.3. The van der Waals surface area contributed by atoms with Gasteiger partial charge < -0.3 is 9.47 Å². The van der Waals surface area contributed by atoms with E-state index in [0.717, 1.165) is 22.7 Å². The molecule has 0 amide bonds. The molecule has 0 aliphatic heterocycles. The summed E-state index contributed by atoms with van der Waals surface area (Å²) in [7, 11) is 3.13. The minimum atomic E-state index is -0.348. The van der Waals surface area contributed by atoms with Gasteiger partial charge in [0.1, 0.15) is 18.1 Å². The summed E-state index contributed by atoms with van der Waals surface area (Å²) in [5, 5.41) is 12.2. The monoisotopic (exact) mass is 406 g/mol. The van der Waals surface area contributed by atoms with Crippen LogP contribution in [0.2, 0.25) is 0 Å². The van der Waals surface area contributed by atoms with Crippen molar-refractivity contribution < 1.29 is 9.47 Å². The second-order valence-corrected chi connectivity index (χ2v) is 6.89. The highest BCUT2D eigenvalue weighted by Crippen LogP contribution is 2.28. The number of benzene rings is 2. The van der Waals surface area contributed by atoms with E-state index < -0.39 is 0 Å². The van der Waals surface area contributed by atoms with Crippen LogP contribution in [0.1, 0.15) is 16.8 Å². The predicted molar refractivity (Wildman–Crippen MR) is 111 cm³/mol. The quantitative estimate of drug-likeness (QED) is 0.488. The zero-order valence-electron chi connectivity index (χ0n) is 17.2. The molecule has 4 rings (SSSR count). The fraction of sp³-hybridized carbons (Fsp3) is 0.238. The van der Waals surface area contributed by atoms with E-state index in [1.165, 1.54) is 9.36 Å². The number of ether oxygens (including phenoxy) is 2. The Bertz CT molecular complexity index is 1250. The number of tetrazole rings is 1. The number of rotatable bonds is 6. The molecule has 0 bridgehead atoms. The van der Waals surface area contributed by atoms with Crippen LogP contribution >= 0.6 is 0 Å². The van der Waals surface area contributed by atoms with E-state index in [0.29, 0.717) is 17.0 Å². The Kier molecular flexibility index (Phi) is 5.09. The van der Waals surface area contributed by atoms with Crippen molar-refractivity contribution in [3.8, 4) is 22.9 Å². The largest absolute Gasteiger partial charge is 0.496 e. The molecule has 0 aliphatic rings. The molecule has 9 heteroatoms. The van der Waals surface area contributed by atoms with Crippen molar-refractivity contribution in [1.29, 1.82) is 0 Å². The molecule has 0 atom stereocenters. The molecule has 2 heterocycles. The maximum atomic E-state index is 12.3. The molecule has 0 N–H and O–H groups in total. The first-order valence-corrected chi connectivity index (χ1v) is 9.39. The predicted octanol–water partition coefficient (Wildman–Crippen LogP) is 2.36. The Hall–Kier alpha value is -3.88. The van der Waals surface area contributed by atoms with Crippen LogP contribution in [0.5, 0.6) is 11.5 Å². The van der Waals surface area contributed by atoms with Crippen LogP contribution in [0.15, 0.2) is 53.5 Å². The van der Waals surface area contributed by atoms with E-state index in [9.17, 15) is 4.79 Å². The van der Waals surface area contributed by atoms with E-state index in [1.807, 2.05) is 55.1 Å². The Morgan fingerprint density at radius 2 is 1.87 bits per heavy atom. The van der Waals surface area contributed by atoms with Crippen molar-refractivity contribution in [2.45, 2.75) is 20.5 Å². The van der Waals surface area contributed by atoms with Gasteiger partial charge in [-0.2, -0.15) is 14.5 Å². The average molecular weight is 406 g/mol. The number of hydrogen-bond acceptors (Lipinski definition) is 6. The van der Waals surface area contributed by atoms with E-state index >= 15 is 0 Å². The fourth-order valence-electron chi connectivity index (χ4n) is 3.20. The van der Waals surface area contributed by atoms with Gasteiger partial charge in [0.2, 0.25) is 0 Å². The third kappa shape index (κ3) is 3.57. The van der Waals surface area contributed by atoms with E-state index in [4.69, 9.17) is 9.47 Å². The summed E-state index contributed by atoms with van der Waals surface area (Å²) in [5.41, 5.74) is 3.80. The zero-order valence-corrected chi connectivity index (χ0v) is 17.2. The first-order valence-electron chi connectivity index (χ1n) is 9.39. The SMILES string of the molecule is COc1cccc(-n2nnn(C)c2=O)c1COc1ccc(-n2ccc(C)n2)cc1C. The van der Waals surface area contributed by atoms with Gasteiger partial charge in [-0.25, -0.2) is 9.48 Å². The van der Waals surface area contributed by atoms with Crippen LogP contribution < -0.4 is 15.2 Å². The van der Waals surface area contributed by atoms with E-state index in [-0.39, 0.29) is 12.3 Å². The standard InChI is InChI=1S/C21H22N6O3/c1-14-12-16(26-11-10-15(2)22-26)8-9-19(14)30-13-17-18(6-5-7-20(17)29-4)27-21(28)25(3)23-24-27/h5-12H,13H2,1-4H3. The molecule has 0 aliphatic carbocycles. The van der Waals surface area contributed by atoms with Gasteiger partial charge >= 0.3 is 5.69 Å². The first kappa shape index (κ1) is 19.4. The lowest BCUT2D eigenvalue weighted by Gasteiger charge is -2.15. The summed E-state index contributed by atoms with van der Waals surface area (Å²) in [6, 6.07) is 13.2. The molecule has 4 aromatic rings. The minimum absolute atomic E-state index is 0.198. The summed E-state index contributed by atoms with van der Waals surface area (Å²) in [5.74, 6) is 1.33. The van der Waals surface area contributed by atoms with Crippen molar-refractivity contribution in [3.63, 3.8) is 0 Å². The molecule has 2 aromatic carbocycles. The third-order valence-corrected chi connectivity index (χ3v) is 4.80. The van der Waals surface area contributed by atoms with Gasteiger partial charge in [0.05, 0.1) is 29.7 Å². The Morgan fingerprint density at radius 1 is 1.03 bits per heavy atom. The minimum Gasteiger partial charge on any atom is -0.496 e. The van der Waals surface area contributed by atoms with Gasteiger partial charge in [-0.3, -0.25) is 0 Å². The van der Waals surface area contributed by atoms with Crippen molar-refractivity contribution in [3.05, 3.63) is 76.0 Å². The molecule has 0 spiro atoms. The molecule has 9 nitrogen and oxygen atoms in total. The van der Waals surface area contributed by atoms with Crippen molar-refractivity contribution >= 4 is 0 Å². The normalized spacial score (nSPS) is 10.9. The lowest BCUT2D eigenvalue weighted by Crippen LogP contribution is -2.23. The smallest absolute Gasteiger partial charge is 0.368 e. The molecular weight excluding hydrogens is 384 g/mol. The summed E-state index contributed by atoms with van der Waals surface area (Å²) in [6.45, 7) is 4.13. The van der Waals surface area contributed by atoms with Gasteiger partial charge in [0.25, 0.3) is 0 Å². The average Bonchev–Trinajstić information content (AvgIpc) is 3.32. The summed E-state index contributed by atoms with van der Waals surface area (Å²) in [4.78, 5) is 12.3. The second kappa shape index (κ2) is 7.86. The fourth-order valence-corrected chi connectivity index (χ4v) is 3.20. The van der Waals surface area contributed by atoms with Gasteiger partial charge in [0, 0.05) is 13.2 Å². The second-order valence-electron chi connectivity index (χ2n) is 6.89. The maximum Gasteiger partial charge on any atom is 0.368 e. The van der Waals surface area contributed by atoms with Crippen LogP contribution in [-0.4, -0.2) is 36.7 Å². The van der Waals surface area contributed by atoms with Crippen LogP contribution in [0.25, 0.3) is 11.4 Å². The first-order chi connectivity index (χ1) is 14.5. The Balaban J connectivity index is 1.64. The molecule has 0 unspecified atom stereocenters. The lowest BCUT2D eigenvalue weighted by molar-refractivity contribution is 0.294. The Labute approximate surface area is 173 Å². The molecule has 2 aromatic heterocycles. The molecule has 0 saturated carbocycles. The topological polar surface area (TPSA) is 89.0 Å². The van der Waals surface area contributed by atoms with Gasteiger partial charge in [0.15, 0.2) is 0 Å². The highest BCUT2D eigenvalue weighted by Gasteiger charge is 2.16. The Morgan fingerprint density at radius 3 is 2.50 bits per heavy atom. The number of methoxy groups -OCH3 is 1. The van der Waals surface area contributed by atoms with Crippen LogP contribution in [0.4, 0.5) is 0 Å². The molecule has 30 heavy (non-hydrogen) atoms. The van der Waals surface area contributed by atoms with E-state index in [1.54, 1.807) is 26.3 Å². The van der Waals surface area contributed by atoms with E-state index in [2.05, 4.69) is 15.5 Å². The lowest BCUT2D eigenvalue weighted by atomic mass is 10.1. The van der Waals surface area contributed by atoms with Gasteiger partial charge in [-0.1, -0.05) is 6.07 Å². The van der Waals surface area contributed by atoms with Crippen molar-refractivity contribution in [2.24, 2.45) is 7.05 Å². The van der Waals surface area contributed by atoms with Gasteiger partial charge in [-0.15, -0.1) is 0 Å². The molecule has 0 fully saturated rings. The van der Waals surface area contributed by atoms with Crippen LogP contribution in [0.3, 0.4) is 0 Å². The number of aryl methyl sites for hydroxylation is 3. The highest BCUT2D eigenvalue weighted by molar-refractivity contribution is 5.49. The number of aromatic nitrogens is 6. The molecule has 0 saturated heterocycles. The highest BCUT2D eigenvalue weighted by atomic mass is 16.5. The maximum absolute atomic E-state index is 12.3. The summed E-state index contributed by atoms with van der Waals surface area (Å²) < 4.78 is 15.8.